The Morgan fingerprint density at radius 3 is 2.20 bits per heavy atom. The van der Waals surface area contributed by atoms with Crippen molar-refractivity contribution in [1.29, 1.82) is 0 Å². The van der Waals surface area contributed by atoms with E-state index in [0.29, 0.717) is 6.42 Å². The van der Waals surface area contributed by atoms with Crippen molar-refractivity contribution in [2.45, 2.75) is 25.5 Å². The van der Waals surface area contributed by atoms with E-state index in [2.05, 4.69) is 5.32 Å². The monoisotopic (exact) mass is 343 g/mol. The van der Waals surface area contributed by atoms with Gasteiger partial charge in [0, 0.05) is 6.42 Å². The molecule has 2 atom stereocenters. The average molecular weight is 343 g/mol. The number of alkyl carbamates (subject to hydrolysis) is 1. The number of carbonyl (C=O) groups is 2. The van der Waals surface area contributed by atoms with Crippen LogP contribution in [0.2, 0.25) is 0 Å². The van der Waals surface area contributed by atoms with E-state index in [9.17, 15) is 14.7 Å². The molecule has 0 radical (unpaired) electrons. The van der Waals surface area contributed by atoms with Gasteiger partial charge >= 0.3 is 12.1 Å². The van der Waals surface area contributed by atoms with E-state index in [1.165, 1.54) is 6.92 Å². The fraction of sp³-hybridized carbons (Fsp3) is 0.263. The topological polar surface area (TPSA) is 95.9 Å². The molecule has 0 aromatic heterocycles. The molecule has 2 rings (SSSR count). The van der Waals surface area contributed by atoms with Gasteiger partial charge in [0.25, 0.3) is 0 Å². The third-order valence-corrected chi connectivity index (χ3v) is 3.71. The Hall–Kier alpha value is -2.86. The summed E-state index contributed by atoms with van der Waals surface area (Å²) in [5, 5.41) is 20.3. The maximum atomic E-state index is 11.6. The van der Waals surface area contributed by atoms with Crippen LogP contribution in [0.25, 0.3) is 11.1 Å². The summed E-state index contributed by atoms with van der Waals surface area (Å²) in [5.41, 5.74) is 3.23. The van der Waals surface area contributed by atoms with Crippen molar-refractivity contribution >= 4 is 12.1 Å². The summed E-state index contributed by atoms with van der Waals surface area (Å²) in [4.78, 5) is 22.5. The number of benzene rings is 2. The van der Waals surface area contributed by atoms with E-state index in [-0.39, 0.29) is 6.61 Å². The lowest BCUT2D eigenvalue weighted by molar-refractivity contribution is -0.142. The predicted octanol–water partition coefficient (Wildman–Crippen LogP) is 2.46. The van der Waals surface area contributed by atoms with Gasteiger partial charge in [-0.3, -0.25) is 0 Å². The second kappa shape index (κ2) is 8.84. The first-order valence-electron chi connectivity index (χ1n) is 7.96. The zero-order valence-corrected chi connectivity index (χ0v) is 13.9. The molecule has 0 spiro atoms. The number of carboxylic acid groups (broad SMARTS) is 1. The standard InChI is InChI=1S/C19H21NO5/c1-13(21)17(18(22)23)20-19(24)25-12-11-14-7-9-16(10-8-14)15-5-3-2-4-6-15/h2-10,13,17,21H,11-12H2,1H3,(H,20,24)(H,22,23)/t13-,17+/m0/s1. The molecule has 132 valence electrons. The van der Waals surface area contributed by atoms with Crippen molar-refractivity contribution in [3.8, 4) is 11.1 Å². The Kier molecular flexibility index (Phi) is 6.54. The first-order chi connectivity index (χ1) is 12.0. The number of carbonyl (C=O) groups excluding carboxylic acids is 1. The normalized spacial score (nSPS) is 12.9. The summed E-state index contributed by atoms with van der Waals surface area (Å²) in [5.74, 6) is -1.32. The summed E-state index contributed by atoms with van der Waals surface area (Å²) in [6.07, 6.45) is -1.57. The van der Waals surface area contributed by atoms with E-state index >= 15 is 0 Å². The number of hydrogen-bond donors (Lipinski definition) is 3. The molecule has 0 aliphatic rings. The molecule has 0 aliphatic heterocycles. The Balaban J connectivity index is 1.82. The number of aliphatic hydroxyl groups is 1. The third-order valence-electron chi connectivity index (χ3n) is 3.71. The molecule has 0 saturated carbocycles. The van der Waals surface area contributed by atoms with Crippen LogP contribution >= 0.6 is 0 Å². The van der Waals surface area contributed by atoms with Gasteiger partial charge in [0.15, 0.2) is 6.04 Å². The summed E-state index contributed by atoms with van der Waals surface area (Å²) in [7, 11) is 0. The van der Waals surface area contributed by atoms with Crippen molar-refractivity contribution in [2.24, 2.45) is 0 Å². The lowest BCUT2D eigenvalue weighted by Crippen LogP contribution is -2.47. The van der Waals surface area contributed by atoms with Gasteiger partial charge < -0.3 is 20.3 Å². The van der Waals surface area contributed by atoms with E-state index in [4.69, 9.17) is 9.84 Å². The molecular formula is C19H21NO5. The van der Waals surface area contributed by atoms with Gasteiger partial charge in [0.2, 0.25) is 0 Å². The number of aliphatic carboxylic acids is 1. The van der Waals surface area contributed by atoms with Gasteiger partial charge in [0.1, 0.15) is 0 Å². The fourth-order valence-corrected chi connectivity index (χ4v) is 2.31. The number of nitrogens with one attached hydrogen (secondary N) is 1. The molecule has 0 unspecified atom stereocenters. The van der Waals surface area contributed by atoms with Gasteiger partial charge in [-0.25, -0.2) is 9.59 Å². The summed E-state index contributed by atoms with van der Waals surface area (Å²) in [6.45, 7) is 1.40. The van der Waals surface area contributed by atoms with Crippen LogP contribution in [0.1, 0.15) is 12.5 Å². The van der Waals surface area contributed by atoms with Gasteiger partial charge in [-0.05, 0) is 23.6 Å². The van der Waals surface area contributed by atoms with E-state index in [0.717, 1.165) is 16.7 Å². The van der Waals surface area contributed by atoms with Crippen LogP contribution in [0.15, 0.2) is 54.6 Å². The van der Waals surface area contributed by atoms with Crippen LogP contribution in [-0.4, -0.2) is 41.0 Å². The van der Waals surface area contributed by atoms with Crippen LogP contribution < -0.4 is 5.32 Å². The van der Waals surface area contributed by atoms with Crippen LogP contribution in [0.4, 0.5) is 4.79 Å². The Morgan fingerprint density at radius 2 is 1.64 bits per heavy atom. The SMILES string of the molecule is C[C@H](O)[C@@H](NC(=O)OCCc1ccc(-c2ccccc2)cc1)C(=O)O. The van der Waals surface area contributed by atoms with Gasteiger partial charge in [-0.2, -0.15) is 0 Å². The second-order valence-electron chi connectivity index (χ2n) is 5.65. The molecule has 0 fully saturated rings. The highest BCUT2D eigenvalue weighted by Gasteiger charge is 2.25. The van der Waals surface area contributed by atoms with Crippen LogP contribution in [-0.2, 0) is 16.0 Å². The van der Waals surface area contributed by atoms with Gasteiger partial charge in [0.05, 0.1) is 12.7 Å². The Bertz CT molecular complexity index is 698. The maximum Gasteiger partial charge on any atom is 0.407 e. The summed E-state index contributed by atoms with van der Waals surface area (Å²) >= 11 is 0. The lowest BCUT2D eigenvalue weighted by atomic mass is 10.0. The van der Waals surface area contributed by atoms with Crippen molar-refractivity contribution in [1.82, 2.24) is 5.32 Å². The lowest BCUT2D eigenvalue weighted by Gasteiger charge is -2.16. The highest BCUT2D eigenvalue weighted by molar-refractivity contribution is 5.80. The molecule has 6 heteroatoms. The van der Waals surface area contributed by atoms with E-state index in [1.54, 1.807) is 0 Å². The summed E-state index contributed by atoms with van der Waals surface area (Å²) < 4.78 is 4.97. The molecule has 2 aromatic carbocycles. The molecule has 2 aromatic rings. The third kappa shape index (κ3) is 5.61. The van der Waals surface area contributed by atoms with E-state index < -0.39 is 24.2 Å². The molecule has 0 heterocycles. The molecule has 25 heavy (non-hydrogen) atoms. The Labute approximate surface area is 146 Å². The van der Waals surface area contributed by atoms with Crippen molar-refractivity contribution in [3.05, 3.63) is 60.2 Å². The second-order valence-corrected chi connectivity index (χ2v) is 5.65. The highest BCUT2D eigenvalue weighted by atomic mass is 16.5. The maximum absolute atomic E-state index is 11.6. The molecule has 0 saturated heterocycles. The van der Waals surface area contributed by atoms with Crippen molar-refractivity contribution in [2.75, 3.05) is 6.61 Å². The zero-order valence-electron chi connectivity index (χ0n) is 13.9. The van der Waals surface area contributed by atoms with Crippen LogP contribution in [0.3, 0.4) is 0 Å². The Morgan fingerprint density at radius 1 is 1.04 bits per heavy atom. The summed E-state index contributed by atoms with van der Waals surface area (Å²) in [6, 6.07) is 16.5. The number of aliphatic hydroxyl groups excluding tert-OH is 1. The van der Waals surface area contributed by atoms with E-state index in [1.807, 2.05) is 54.6 Å². The molecule has 0 aliphatic carbocycles. The highest BCUT2D eigenvalue weighted by Crippen LogP contribution is 2.19. The van der Waals surface area contributed by atoms with Crippen molar-refractivity contribution < 1.29 is 24.5 Å². The number of ether oxygens (including phenoxy) is 1. The number of hydrogen-bond acceptors (Lipinski definition) is 4. The van der Waals surface area contributed by atoms with Crippen molar-refractivity contribution in [3.63, 3.8) is 0 Å². The molecule has 0 bridgehead atoms. The minimum Gasteiger partial charge on any atom is -0.480 e. The number of rotatable bonds is 7. The van der Waals surface area contributed by atoms with Crippen LogP contribution in [0, 0.1) is 0 Å². The zero-order chi connectivity index (χ0) is 18.2. The predicted molar refractivity (Wildman–Crippen MR) is 93.2 cm³/mol. The minimum atomic E-state index is -1.39. The smallest absolute Gasteiger partial charge is 0.407 e. The van der Waals surface area contributed by atoms with Gasteiger partial charge in [-0.15, -0.1) is 0 Å². The number of carboxylic acids is 1. The quantitative estimate of drug-likeness (QED) is 0.718. The minimum absolute atomic E-state index is 0.114. The number of amides is 1. The molecular weight excluding hydrogens is 322 g/mol. The molecule has 1 amide bonds. The first kappa shape index (κ1) is 18.5. The van der Waals surface area contributed by atoms with Crippen LogP contribution in [0.5, 0.6) is 0 Å². The molecule has 6 nitrogen and oxygen atoms in total. The van der Waals surface area contributed by atoms with Gasteiger partial charge in [-0.1, -0.05) is 54.6 Å². The average Bonchev–Trinajstić information content (AvgIpc) is 2.60. The first-order valence-corrected chi connectivity index (χ1v) is 7.96. The largest absolute Gasteiger partial charge is 0.480 e. The molecule has 3 N–H and O–H groups in total. The fourth-order valence-electron chi connectivity index (χ4n) is 2.31.